The molecule has 0 aliphatic rings. The van der Waals surface area contributed by atoms with Crippen LogP contribution in [0, 0.1) is 18.3 Å². The van der Waals surface area contributed by atoms with Gasteiger partial charge in [0.05, 0.1) is 44.7 Å². The first-order valence-corrected chi connectivity index (χ1v) is 6.56. The molecule has 1 aromatic rings. The molecule has 0 fully saturated rings. The van der Waals surface area contributed by atoms with Gasteiger partial charge >= 0.3 is 0 Å². The molecule has 1 aromatic carbocycles. The van der Waals surface area contributed by atoms with Crippen LogP contribution in [0.4, 0.5) is 0 Å². The molecule has 110 valence electrons. The molecule has 0 heterocycles. The van der Waals surface area contributed by atoms with E-state index in [1.54, 1.807) is 19.2 Å². The van der Waals surface area contributed by atoms with Crippen LogP contribution in [-0.2, 0) is 14.2 Å². The highest BCUT2D eigenvalue weighted by Crippen LogP contribution is 2.18. The Balaban J connectivity index is 2.11. The molecule has 0 unspecified atom stereocenters. The van der Waals surface area contributed by atoms with Crippen molar-refractivity contribution in [1.82, 2.24) is 0 Å². The second-order valence-corrected chi connectivity index (χ2v) is 4.16. The van der Waals surface area contributed by atoms with Crippen molar-refractivity contribution >= 4 is 0 Å². The van der Waals surface area contributed by atoms with Crippen LogP contribution < -0.4 is 4.74 Å². The summed E-state index contributed by atoms with van der Waals surface area (Å²) in [6, 6.07) is 7.48. The maximum atomic E-state index is 8.83. The van der Waals surface area contributed by atoms with Crippen LogP contribution in [0.5, 0.6) is 5.75 Å². The molecular weight excluding hydrogens is 258 g/mol. The first-order chi connectivity index (χ1) is 9.77. The third-order valence-electron chi connectivity index (χ3n) is 2.61. The third kappa shape index (κ3) is 6.53. The summed E-state index contributed by atoms with van der Waals surface area (Å²) in [5, 5.41) is 8.83. The largest absolute Gasteiger partial charge is 0.491 e. The normalized spacial score (nSPS) is 10.2. The fourth-order valence-electron chi connectivity index (χ4n) is 1.50. The lowest BCUT2D eigenvalue weighted by atomic mass is 10.1. The third-order valence-corrected chi connectivity index (χ3v) is 2.61. The van der Waals surface area contributed by atoms with Crippen molar-refractivity contribution in [2.45, 2.75) is 6.92 Å². The van der Waals surface area contributed by atoms with E-state index < -0.39 is 0 Å². The molecule has 0 saturated carbocycles. The van der Waals surface area contributed by atoms with Crippen LogP contribution in [0.2, 0.25) is 0 Å². The molecule has 0 atom stereocenters. The first-order valence-electron chi connectivity index (χ1n) is 6.56. The highest BCUT2D eigenvalue weighted by atomic mass is 16.6. The Bertz CT molecular complexity index is 428. The lowest BCUT2D eigenvalue weighted by molar-refractivity contribution is 0.0179. The SMILES string of the molecule is COCCOCCOCCOc1cc(C#N)ccc1C. The minimum Gasteiger partial charge on any atom is -0.491 e. The summed E-state index contributed by atoms with van der Waals surface area (Å²) in [5.41, 5.74) is 1.60. The van der Waals surface area contributed by atoms with Gasteiger partial charge in [0.1, 0.15) is 12.4 Å². The molecule has 0 aromatic heterocycles. The van der Waals surface area contributed by atoms with Crippen LogP contribution in [0.25, 0.3) is 0 Å². The van der Waals surface area contributed by atoms with Crippen LogP contribution in [-0.4, -0.2) is 46.8 Å². The van der Waals surface area contributed by atoms with Gasteiger partial charge < -0.3 is 18.9 Å². The van der Waals surface area contributed by atoms with Gasteiger partial charge in [-0.3, -0.25) is 0 Å². The van der Waals surface area contributed by atoms with Crippen molar-refractivity contribution in [3.8, 4) is 11.8 Å². The van der Waals surface area contributed by atoms with Crippen LogP contribution in [0.15, 0.2) is 18.2 Å². The molecule has 0 amide bonds. The second-order valence-electron chi connectivity index (χ2n) is 4.16. The van der Waals surface area contributed by atoms with E-state index in [0.29, 0.717) is 45.2 Å². The zero-order valence-electron chi connectivity index (χ0n) is 12.1. The maximum Gasteiger partial charge on any atom is 0.123 e. The Hall–Kier alpha value is -1.61. The first kappa shape index (κ1) is 16.4. The molecule has 0 spiro atoms. The summed E-state index contributed by atoms with van der Waals surface area (Å²) in [6.45, 7) is 5.14. The van der Waals surface area contributed by atoms with E-state index >= 15 is 0 Å². The molecule has 5 heteroatoms. The Morgan fingerprint density at radius 1 is 1.00 bits per heavy atom. The van der Waals surface area contributed by atoms with Crippen LogP contribution in [0.3, 0.4) is 0 Å². The smallest absolute Gasteiger partial charge is 0.123 e. The van der Waals surface area contributed by atoms with E-state index in [4.69, 9.17) is 24.2 Å². The van der Waals surface area contributed by atoms with E-state index in [2.05, 4.69) is 6.07 Å². The topological polar surface area (TPSA) is 60.7 Å². The summed E-state index contributed by atoms with van der Waals surface area (Å²) in [5.74, 6) is 0.726. The van der Waals surface area contributed by atoms with Crippen molar-refractivity contribution in [1.29, 1.82) is 5.26 Å². The standard InChI is InChI=1S/C15H21NO4/c1-13-3-4-14(12-16)11-15(13)20-10-9-19-8-7-18-6-5-17-2/h3-4,11H,5-10H2,1-2H3. The van der Waals surface area contributed by atoms with Crippen LogP contribution in [0.1, 0.15) is 11.1 Å². The molecular formula is C15H21NO4. The van der Waals surface area contributed by atoms with Gasteiger partial charge in [0.15, 0.2) is 0 Å². The van der Waals surface area contributed by atoms with Gasteiger partial charge in [-0.25, -0.2) is 0 Å². The molecule has 0 aliphatic heterocycles. The summed E-state index contributed by atoms with van der Waals surface area (Å²) >= 11 is 0. The number of hydrogen-bond donors (Lipinski definition) is 0. The number of aryl methyl sites for hydroxylation is 1. The van der Waals surface area contributed by atoms with Gasteiger partial charge in [0.25, 0.3) is 0 Å². The minimum absolute atomic E-state index is 0.452. The minimum atomic E-state index is 0.452. The van der Waals surface area contributed by atoms with Gasteiger partial charge in [-0.15, -0.1) is 0 Å². The average molecular weight is 279 g/mol. The van der Waals surface area contributed by atoms with Crippen molar-refractivity contribution < 1.29 is 18.9 Å². The van der Waals surface area contributed by atoms with E-state index in [1.165, 1.54) is 0 Å². The quantitative estimate of drug-likeness (QED) is 0.612. The van der Waals surface area contributed by atoms with Crippen molar-refractivity contribution in [2.75, 3.05) is 46.8 Å². The zero-order chi connectivity index (χ0) is 14.6. The molecule has 0 bridgehead atoms. The summed E-state index contributed by atoms with van der Waals surface area (Å²) in [7, 11) is 1.64. The highest BCUT2D eigenvalue weighted by Gasteiger charge is 2.01. The van der Waals surface area contributed by atoms with Gasteiger partial charge in [0.2, 0.25) is 0 Å². The van der Waals surface area contributed by atoms with Gasteiger partial charge in [0, 0.05) is 7.11 Å². The summed E-state index contributed by atoms with van der Waals surface area (Å²) < 4.78 is 21.1. The van der Waals surface area contributed by atoms with E-state index in [0.717, 1.165) is 11.3 Å². The average Bonchev–Trinajstić information content (AvgIpc) is 2.47. The predicted octanol–water partition coefficient (Wildman–Crippen LogP) is 1.93. The summed E-state index contributed by atoms with van der Waals surface area (Å²) in [6.07, 6.45) is 0. The number of nitriles is 1. The lowest BCUT2D eigenvalue weighted by Crippen LogP contribution is -2.12. The number of hydrogen-bond acceptors (Lipinski definition) is 5. The Kier molecular flexibility index (Phi) is 8.40. The fraction of sp³-hybridized carbons (Fsp3) is 0.533. The number of ether oxygens (including phenoxy) is 4. The molecule has 1 rings (SSSR count). The molecule has 0 radical (unpaired) electrons. The number of methoxy groups -OCH3 is 1. The number of benzene rings is 1. The van der Waals surface area contributed by atoms with E-state index in [-0.39, 0.29) is 0 Å². The van der Waals surface area contributed by atoms with Crippen LogP contribution >= 0.6 is 0 Å². The Morgan fingerprint density at radius 2 is 1.65 bits per heavy atom. The summed E-state index contributed by atoms with van der Waals surface area (Å²) in [4.78, 5) is 0. The molecule has 20 heavy (non-hydrogen) atoms. The lowest BCUT2D eigenvalue weighted by Gasteiger charge is -2.10. The number of nitrogens with zero attached hydrogens (tertiary/aromatic N) is 1. The van der Waals surface area contributed by atoms with Gasteiger partial charge in [-0.2, -0.15) is 5.26 Å². The second kappa shape index (κ2) is 10.2. The van der Waals surface area contributed by atoms with E-state index in [1.807, 2.05) is 13.0 Å². The maximum absolute atomic E-state index is 8.83. The van der Waals surface area contributed by atoms with Gasteiger partial charge in [-0.05, 0) is 24.6 Å². The number of rotatable bonds is 10. The van der Waals surface area contributed by atoms with Gasteiger partial charge in [-0.1, -0.05) is 6.07 Å². The Morgan fingerprint density at radius 3 is 2.30 bits per heavy atom. The highest BCUT2D eigenvalue weighted by molar-refractivity contribution is 5.41. The van der Waals surface area contributed by atoms with Crippen molar-refractivity contribution in [3.63, 3.8) is 0 Å². The van der Waals surface area contributed by atoms with Crippen molar-refractivity contribution in [3.05, 3.63) is 29.3 Å². The zero-order valence-corrected chi connectivity index (χ0v) is 12.1. The monoisotopic (exact) mass is 279 g/mol. The predicted molar refractivity (Wildman–Crippen MR) is 74.9 cm³/mol. The van der Waals surface area contributed by atoms with Crippen molar-refractivity contribution in [2.24, 2.45) is 0 Å². The Labute approximate surface area is 120 Å². The molecule has 0 aliphatic carbocycles. The van der Waals surface area contributed by atoms with E-state index in [9.17, 15) is 0 Å². The molecule has 0 N–H and O–H groups in total. The molecule has 0 saturated heterocycles. The molecule has 5 nitrogen and oxygen atoms in total. The fourth-order valence-corrected chi connectivity index (χ4v) is 1.50.